The first-order valence-electron chi connectivity index (χ1n) is 8.70. The van der Waals surface area contributed by atoms with Gasteiger partial charge < -0.3 is 10.1 Å². The van der Waals surface area contributed by atoms with Crippen LogP contribution in [0, 0.1) is 13.8 Å². The van der Waals surface area contributed by atoms with Gasteiger partial charge in [0.1, 0.15) is 23.9 Å². The van der Waals surface area contributed by atoms with Crippen molar-refractivity contribution in [3.05, 3.63) is 51.7 Å². The highest BCUT2D eigenvalue weighted by Crippen LogP contribution is 2.22. The van der Waals surface area contributed by atoms with Crippen LogP contribution < -0.4 is 15.6 Å². The number of amides is 1. The summed E-state index contributed by atoms with van der Waals surface area (Å²) < 4.78 is 6.95. The lowest BCUT2D eigenvalue weighted by Crippen LogP contribution is -2.36. The fourth-order valence-corrected chi connectivity index (χ4v) is 3.17. The summed E-state index contributed by atoms with van der Waals surface area (Å²) in [4.78, 5) is 35.6. The van der Waals surface area contributed by atoms with Crippen molar-refractivity contribution >= 4 is 17.4 Å². The Morgan fingerprint density at radius 2 is 2.11 bits per heavy atom. The van der Waals surface area contributed by atoms with E-state index in [1.165, 1.54) is 4.52 Å². The summed E-state index contributed by atoms with van der Waals surface area (Å²) in [5.74, 6) is 1.44. The van der Waals surface area contributed by atoms with Crippen molar-refractivity contribution in [1.82, 2.24) is 24.5 Å². The molecule has 0 saturated carbocycles. The largest absolute Gasteiger partial charge is 0.492 e. The standard InChI is InChI=1S/C18H20N6O3/c1-11-16(17(26)24-18(19-11)20-12(2)22-24)21-15(25)10-23-7-8-27-14-6-4-3-5-13(14)9-23/h3-6H,7-10H2,1-2H3,(H,21,25)(H,19,20,22). The van der Waals surface area contributed by atoms with Crippen molar-refractivity contribution in [3.8, 4) is 5.75 Å². The van der Waals surface area contributed by atoms with Crippen molar-refractivity contribution in [2.24, 2.45) is 0 Å². The average molecular weight is 368 g/mol. The SMILES string of the molecule is Cc1nc2nc(C)c(NC(=O)CN3CCOc4ccccc4C3)c(=O)n2[nH]1. The van der Waals surface area contributed by atoms with Gasteiger partial charge in [-0.2, -0.15) is 9.50 Å². The Bertz CT molecular complexity index is 1070. The second kappa shape index (κ2) is 6.84. The van der Waals surface area contributed by atoms with Gasteiger partial charge in [0, 0.05) is 18.7 Å². The van der Waals surface area contributed by atoms with Gasteiger partial charge in [0.05, 0.1) is 12.2 Å². The second-order valence-electron chi connectivity index (χ2n) is 6.54. The Kier molecular flexibility index (Phi) is 4.36. The summed E-state index contributed by atoms with van der Waals surface area (Å²) in [5, 5.41) is 5.53. The predicted molar refractivity (Wildman–Crippen MR) is 98.9 cm³/mol. The number of H-pyrrole nitrogens is 1. The van der Waals surface area contributed by atoms with E-state index in [9.17, 15) is 9.59 Å². The number of fused-ring (bicyclic) bond motifs is 2. The maximum atomic E-state index is 12.6. The molecule has 1 aliphatic heterocycles. The van der Waals surface area contributed by atoms with Crippen LogP contribution in [0.1, 0.15) is 17.1 Å². The van der Waals surface area contributed by atoms with Crippen molar-refractivity contribution in [1.29, 1.82) is 0 Å². The molecule has 1 amide bonds. The quantitative estimate of drug-likeness (QED) is 0.711. The Morgan fingerprint density at radius 3 is 2.96 bits per heavy atom. The lowest BCUT2D eigenvalue weighted by molar-refractivity contribution is -0.117. The third-order valence-electron chi connectivity index (χ3n) is 4.45. The van der Waals surface area contributed by atoms with Gasteiger partial charge >= 0.3 is 0 Å². The molecule has 27 heavy (non-hydrogen) atoms. The van der Waals surface area contributed by atoms with Crippen molar-refractivity contribution in [2.75, 3.05) is 25.0 Å². The molecule has 0 aliphatic carbocycles. The average Bonchev–Trinajstić information content (AvgIpc) is 2.88. The number of aryl methyl sites for hydroxylation is 2. The molecular weight excluding hydrogens is 348 g/mol. The Balaban J connectivity index is 1.51. The molecule has 3 heterocycles. The molecule has 0 radical (unpaired) electrons. The minimum absolute atomic E-state index is 0.154. The second-order valence-corrected chi connectivity index (χ2v) is 6.54. The van der Waals surface area contributed by atoms with E-state index in [0.29, 0.717) is 31.2 Å². The van der Waals surface area contributed by atoms with Gasteiger partial charge in [0.15, 0.2) is 0 Å². The number of hydrogen-bond acceptors (Lipinski definition) is 6. The van der Waals surface area contributed by atoms with E-state index in [2.05, 4.69) is 20.4 Å². The highest BCUT2D eigenvalue weighted by molar-refractivity contribution is 5.92. The van der Waals surface area contributed by atoms with E-state index >= 15 is 0 Å². The van der Waals surface area contributed by atoms with Crippen LogP contribution in [0.25, 0.3) is 5.78 Å². The fourth-order valence-electron chi connectivity index (χ4n) is 3.17. The predicted octanol–water partition coefficient (Wildman–Crippen LogP) is 0.868. The first kappa shape index (κ1) is 17.2. The first-order valence-corrected chi connectivity index (χ1v) is 8.70. The molecule has 0 unspecified atom stereocenters. The lowest BCUT2D eigenvalue weighted by Gasteiger charge is -2.18. The molecule has 9 heteroatoms. The number of para-hydroxylation sites is 1. The number of ether oxygens (including phenoxy) is 1. The van der Waals surface area contributed by atoms with Gasteiger partial charge in [-0.3, -0.25) is 19.6 Å². The maximum Gasteiger partial charge on any atom is 0.298 e. The van der Waals surface area contributed by atoms with Crippen molar-refractivity contribution in [3.63, 3.8) is 0 Å². The molecule has 3 aromatic rings. The van der Waals surface area contributed by atoms with Crippen LogP contribution in [0.5, 0.6) is 5.75 Å². The van der Waals surface area contributed by atoms with E-state index in [1.807, 2.05) is 29.2 Å². The number of carbonyl (C=O) groups excluding carboxylic acids is 1. The summed E-state index contributed by atoms with van der Waals surface area (Å²) >= 11 is 0. The van der Waals surface area contributed by atoms with Crippen molar-refractivity contribution in [2.45, 2.75) is 20.4 Å². The smallest absolute Gasteiger partial charge is 0.298 e. The van der Waals surface area contributed by atoms with E-state index in [1.54, 1.807) is 13.8 Å². The van der Waals surface area contributed by atoms with Crippen LogP contribution in [0.15, 0.2) is 29.1 Å². The highest BCUT2D eigenvalue weighted by Gasteiger charge is 2.19. The summed E-state index contributed by atoms with van der Waals surface area (Å²) in [7, 11) is 0. The normalized spacial score (nSPS) is 14.4. The molecule has 4 rings (SSSR count). The molecule has 2 aromatic heterocycles. The summed E-state index contributed by atoms with van der Waals surface area (Å²) in [6, 6.07) is 7.79. The molecule has 0 atom stereocenters. The zero-order valence-corrected chi connectivity index (χ0v) is 15.2. The van der Waals surface area contributed by atoms with E-state index in [0.717, 1.165) is 11.3 Å². The third kappa shape index (κ3) is 3.41. The van der Waals surface area contributed by atoms with Gasteiger partial charge in [-0.05, 0) is 19.9 Å². The van der Waals surface area contributed by atoms with Crippen LogP contribution in [0.3, 0.4) is 0 Å². The number of nitrogens with one attached hydrogen (secondary N) is 2. The molecular formula is C18H20N6O3. The molecule has 0 fully saturated rings. The Labute approximate surface area is 155 Å². The van der Waals surface area contributed by atoms with E-state index < -0.39 is 0 Å². The van der Waals surface area contributed by atoms with Crippen LogP contribution >= 0.6 is 0 Å². The van der Waals surface area contributed by atoms with Gasteiger partial charge in [-0.1, -0.05) is 18.2 Å². The molecule has 0 saturated heterocycles. The van der Waals surface area contributed by atoms with Gasteiger partial charge in [-0.25, -0.2) is 4.98 Å². The number of hydrogen-bond donors (Lipinski definition) is 2. The molecule has 2 N–H and O–H groups in total. The maximum absolute atomic E-state index is 12.6. The van der Waals surface area contributed by atoms with Gasteiger partial charge in [0.25, 0.3) is 11.3 Å². The fraction of sp³-hybridized carbons (Fsp3) is 0.333. The van der Waals surface area contributed by atoms with Crippen molar-refractivity contribution < 1.29 is 9.53 Å². The number of carbonyl (C=O) groups is 1. The van der Waals surface area contributed by atoms with Crippen LogP contribution in [-0.2, 0) is 11.3 Å². The number of anilines is 1. The van der Waals surface area contributed by atoms with Gasteiger partial charge in [-0.15, -0.1) is 0 Å². The summed E-state index contributed by atoms with van der Waals surface area (Å²) in [5.41, 5.74) is 1.25. The zero-order chi connectivity index (χ0) is 19.0. The lowest BCUT2D eigenvalue weighted by atomic mass is 10.2. The minimum atomic E-state index is -0.379. The highest BCUT2D eigenvalue weighted by atomic mass is 16.5. The third-order valence-corrected chi connectivity index (χ3v) is 4.45. The number of aromatic amines is 1. The topological polar surface area (TPSA) is 105 Å². The molecule has 1 aliphatic rings. The van der Waals surface area contributed by atoms with Crippen LogP contribution in [0.2, 0.25) is 0 Å². The number of aromatic nitrogens is 4. The Morgan fingerprint density at radius 1 is 1.30 bits per heavy atom. The van der Waals surface area contributed by atoms with Crippen LogP contribution in [0.4, 0.5) is 5.69 Å². The molecule has 1 aromatic carbocycles. The first-order chi connectivity index (χ1) is 13.0. The Hall–Kier alpha value is -3.20. The van der Waals surface area contributed by atoms with Crippen LogP contribution in [-0.4, -0.2) is 50.1 Å². The van der Waals surface area contributed by atoms with E-state index in [4.69, 9.17) is 4.74 Å². The summed E-state index contributed by atoms with van der Waals surface area (Å²) in [6.07, 6.45) is 0. The van der Waals surface area contributed by atoms with E-state index in [-0.39, 0.29) is 29.5 Å². The van der Waals surface area contributed by atoms with Gasteiger partial charge in [0.2, 0.25) is 5.91 Å². The zero-order valence-electron chi connectivity index (χ0n) is 15.2. The number of rotatable bonds is 3. The minimum Gasteiger partial charge on any atom is -0.492 e. The molecule has 0 bridgehead atoms. The molecule has 140 valence electrons. The number of benzene rings is 1. The molecule has 9 nitrogen and oxygen atoms in total. The molecule has 0 spiro atoms. The monoisotopic (exact) mass is 368 g/mol. The number of nitrogens with zero attached hydrogens (tertiary/aromatic N) is 4. The summed E-state index contributed by atoms with van der Waals surface area (Å²) in [6.45, 7) is 5.31.